The van der Waals surface area contributed by atoms with Crippen LogP contribution in [-0.4, -0.2) is 34.1 Å². The zero-order valence-electron chi connectivity index (χ0n) is 13.9. The normalized spacial score (nSPS) is 10.8. The Hall–Kier alpha value is -2.89. The quantitative estimate of drug-likeness (QED) is 0.726. The summed E-state index contributed by atoms with van der Waals surface area (Å²) < 4.78 is 10.8. The van der Waals surface area contributed by atoms with Crippen LogP contribution in [0.15, 0.2) is 30.3 Å². The molecule has 0 aliphatic heterocycles. The van der Waals surface area contributed by atoms with E-state index in [-0.39, 0.29) is 0 Å². The SMILES string of the molecule is CCOC(=O)c1c(C)[nH]c2c(OCC)nc(-c3ccccc3)nc12. The number of hydrogen-bond donors (Lipinski definition) is 1. The molecule has 2 aromatic heterocycles. The molecule has 0 aliphatic rings. The molecule has 0 spiro atoms. The van der Waals surface area contributed by atoms with Gasteiger partial charge in [-0.15, -0.1) is 0 Å². The lowest BCUT2D eigenvalue weighted by atomic mass is 10.2. The van der Waals surface area contributed by atoms with Crippen LogP contribution in [0.3, 0.4) is 0 Å². The van der Waals surface area contributed by atoms with Crippen molar-refractivity contribution in [2.45, 2.75) is 20.8 Å². The number of aromatic amines is 1. The number of H-pyrrole nitrogens is 1. The van der Waals surface area contributed by atoms with E-state index in [2.05, 4.69) is 15.0 Å². The van der Waals surface area contributed by atoms with E-state index in [1.807, 2.05) is 44.2 Å². The maximum Gasteiger partial charge on any atom is 0.342 e. The number of aromatic nitrogens is 3. The highest BCUT2D eigenvalue weighted by molar-refractivity contribution is 6.05. The van der Waals surface area contributed by atoms with Gasteiger partial charge in [-0.05, 0) is 20.8 Å². The number of hydrogen-bond acceptors (Lipinski definition) is 5. The van der Waals surface area contributed by atoms with Gasteiger partial charge < -0.3 is 14.5 Å². The van der Waals surface area contributed by atoms with E-state index in [0.717, 1.165) is 5.56 Å². The second-order valence-corrected chi connectivity index (χ2v) is 5.22. The van der Waals surface area contributed by atoms with Gasteiger partial charge in [0.2, 0.25) is 5.88 Å². The monoisotopic (exact) mass is 325 g/mol. The Morgan fingerprint density at radius 1 is 1.12 bits per heavy atom. The first-order chi connectivity index (χ1) is 11.7. The lowest BCUT2D eigenvalue weighted by Crippen LogP contribution is -2.06. The van der Waals surface area contributed by atoms with E-state index >= 15 is 0 Å². The van der Waals surface area contributed by atoms with E-state index in [0.29, 0.717) is 47.2 Å². The number of nitrogens with one attached hydrogen (secondary N) is 1. The first kappa shape index (κ1) is 16.0. The molecule has 124 valence electrons. The molecule has 3 aromatic rings. The highest BCUT2D eigenvalue weighted by Crippen LogP contribution is 2.30. The fourth-order valence-electron chi connectivity index (χ4n) is 2.57. The third-order valence-corrected chi connectivity index (χ3v) is 3.59. The summed E-state index contributed by atoms with van der Waals surface area (Å²) in [7, 11) is 0. The first-order valence-electron chi connectivity index (χ1n) is 7.91. The molecule has 0 bridgehead atoms. The van der Waals surface area contributed by atoms with Gasteiger partial charge in [-0.1, -0.05) is 30.3 Å². The van der Waals surface area contributed by atoms with Crippen molar-refractivity contribution >= 4 is 17.0 Å². The summed E-state index contributed by atoms with van der Waals surface area (Å²) >= 11 is 0. The fourth-order valence-corrected chi connectivity index (χ4v) is 2.57. The number of carbonyl (C=O) groups is 1. The van der Waals surface area contributed by atoms with Gasteiger partial charge in [0.25, 0.3) is 0 Å². The minimum atomic E-state index is -0.401. The van der Waals surface area contributed by atoms with Crippen LogP contribution in [-0.2, 0) is 4.74 Å². The number of aryl methyl sites for hydroxylation is 1. The number of ether oxygens (including phenoxy) is 2. The Balaban J connectivity index is 2.25. The lowest BCUT2D eigenvalue weighted by Gasteiger charge is -2.07. The van der Waals surface area contributed by atoms with Gasteiger partial charge in [-0.25, -0.2) is 9.78 Å². The highest BCUT2D eigenvalue weighted by Gasteiger charge is 2.23. The van der Waals surface area contributed by atoms with Crippen LogP contribution in [0.4, 0.5) is 0 Å². The lowest BCUT2D eigenvalue weighted by molar-refractivity contribution is 0.0527. The zero-order valence-corrected chi connectivity index (χ0v) is 13.9. The van der Waals surface area contributed by atoms with Gasteiger partial charge >= 0.3 is 5.97 Å². The van der Waals surface area contributed by atoms with Gasteiger partial charge in [0.05, 0.1) is 13.2 Å². The molecule has 0 fully saturated rings. The summed E-state index contributed by atoms with van der Waals surface area (Å²) in [5, 5.41) is 0. The van der Waals surface area contributed by atoms with Crippen LogP contribution >= 0.6 is 0 Å². The van der Waals surface area contributed by atoms with Crippen molar-refractivity contribution in [1.82, 2.24) is 15.0 Å². The Morgan fingerprint density at radius 3 is 2.54 bits per heavy atom. The largest absolute Gasteiger partial charge is 0.476 e. The summed E-state index contributed by atoms with van der Waals surface area (Å²) in [5.41, 5.74) is 3.09. The van der Waals surface area contributed by atoms with Crippen molar-refractivity contribution in [3.63, 3.8) is 0 Å². The number of esters is 1. The average molecular weight is 325 g/mol. The predicted molar refractivity (Wildman–Crippen MR) is 91.2 cm³/mol. The number of nitrogens with zero attached hydrogens (tertiary/aromatic N) is 2. The standard InChI is InChI=1S/C18H19N3O3/c1-4-23-17-15-14(13(11(3)19-15)18(22)24-5-2)20-16(21-17)12-9-7-6-8-10-12/h6-10,19H,4-5H2,1-3H3. The van der Waals surface area contributed by atoms with Gasteiger partial charge in [-0.3, -0.25) is 0 Å². The molecule has 2 heterocycles. The van der Waals surface area contributed by atoms with Crippen LogP contribution in [0.2, 0.25) is 0 Å². The summed E-state index contributed by atoms with van der Waals surface area (Å²) in [5.74, 6) is 0.539. The van der Waals surface area contributed by atoms with Gasteiger partial charge in [-0.2, -0.15) is 4.98 Å². The van der Waals surface area contributed by atoms with Crippen molar-refractivity contribution in [3.05, 3.63) is 41.6 Å². The molecular weight excluding hydrogens is 306 g/mol. The first-order valence-corrected chi connectivity index (χ1v) is 7.91. The molecular formula is C18H19N3O3. The number of carbonyl (C=O) groups excluding carboxylic acids is 1. The van der Waals surface area contributed by atoms with Crippen LogP contribution in [0.5, 0.6) is 5.88 Å². The topological polar surface area (TPSA) is 77.1 Å². The van der Waals surface area contributed by atoms with Crippen LogP contribution in [0, 0.1) is 6.92 Å². The van der Waals surface area contributed by atoms with Crippen molar-refractivity contribution in [2.75, 3.05) is 13.2 Å². The number of rotatable bonds is 5. The van der Waals surface area contributed by atoms with E-state index in [1.165, 1.54) is 0 Å². The van der Waals surface area contributed by atoms with Crippen molar-refractivity contribution < 1.29 is 14.3 Å². The van der Waals surface area contributed by atoms with Crippen molar-refractivity contribution in [2.24, 2.45) is 0 Å². The second-order valence-electron chi connectivity index (χ2n) is 5.22. The Bertz CT molecular complexity index is 872. The van der Waals surface area contributed by atoms with Gasteiger partial charge in [0.15, 0.2) is 5.82 Å². The molecule has 3 rings (SSSR count). The molecule has 24 heavy (non-hydrogen) atoms. The van der Waals surface area contributed by atoms with E-state index < -0.39 is 5.97 Å². The second kappa shape index (κ2) is 6.70. The Labute approximate surface area is 139 Å². The molecule has 0 amide bonds. The third kappa shape index (κ3) is 2.82. The smallest absolute Gasteiger partial charge is 0.342 e. The van der Waals surface area contributed by atoms with Crippen molar-refractivity contribution in [1.29, 1.82) is 0 Å². The summed E-state index contributed by atoms with van der Waals surface area (Å²) in [6, 6.07) is 9.59. The predicted octanol–water partition coefficient (Wildman–Crippen LogP) is 3.51. The molecule has 0 radical (unpaired) electrons. The van der Waals surface area contributed by atoms with Crippen LogP contribution < -0.4 is 4.74 Å². The molecule has 0 saturated carbocycles. The summed E-state index contributed by atoms with van der Waals surface area (Å²) in [6.07, 6.45) is 0. The molecule has 6 heteroatoms. The molecule has 6 nitrogen and oxygen atoms in total. The Kier molecular flexibility index (Phi) is 4.46. The number of fused-ring (bicyclic) bond motifs is 1. The zero-order chi connectivity index (χ0) is 17.1. The fraction of sp³-hybridized carbons (Fsp3) is 0.278. The average Bonchev–Trinajstić information content (AvgIpc) is 2.92. The molecule has 0 unspecified atom stereocenters. The minimum absolute atomic E-state index is 0.305. The van der Waals surface area contributed by atoms with Gasteiger partial charge in [0, 0.05) is 11.3 Å². The van der Waals surface area contributed by atoms with E-state index in [4.69, 9.17) is 9.47 Å². The van der Waals surface area contributed by atoms with E-state index in [1.54, 1.807) is 6.92 Å². The third-order valence-electron chi connectivity index (χ3n) is 3.59. The molecule has 1 aromatic carbocycles. The summed E-state index contributed by atoms with van der Waals surface area (Å²) in [4.78, 5) is 24.6. The van der Waals surface area contributed by atoms with E-state index in [9.17, 15) is 4.79 Å². The van der Waals surface area contributed by atoms with Crippen molar-refractivity contribution in [3.8, 4) is 17.3 Å². The molecule has 0 saturated heterocycles. The van der Waals surface area contributed by atoms with Crippen LogP contribution in [0.1, 0.15) is 29.9 Å². The molecule has 1 N–H and O–H groups in total. The maximum absolute atomic E-state index is 12.3. The Morgan fingerprint density at radius 2 is 1.88 bits per heavy atom. The summed E-state index contributed by atoms with van der Waals surface area (Å²) in [6.45, 7) is 6.25. The molecule has 0 aliphatic carbocycles. The molecule has 0 atom stereocenters. The van der Waals surface area contributed by atoms with Gasteiger partial charge in [0.1, 0.15) is 16.6 Å². The maximum atomic E-state index is 12.3. The number of benzene rings is 1. The van der Waals surface area contributed by atoms with Crippen LogP contribution in [0.25, 0.3) is 22.4 Å². The minimum Gasteiger partial charge on any atom is -0.476 e. The highest BCUT2D eigenvalue weighted by atomic mass is 16.5.